The third-order valence-corrected chi connectivity index (χ3v) is 4.30. The smallest absolute Gasteiger partial charge is 0.324 e. The molecule has 1 aromatic carbocycles. The number of hydrogen-bond acceptors (Lipinski definition) is 4. The maximum absolute atomic E-state index is 13.4. The van der Waals surface area contributed by atoms with Crippen LogP contribution in [0.4, 0.5) is 9.18 Å². The summed E-state index contributed by atoms with van der Waals surface area (Å²) in [7, 11) is 0. The molecule has 24 heavy (non-hydrogen) atoms. The Morgan fingerprint density at radius 2 is 2.33 bits per heavy atom. The zero-order valence-corrected chi connectivity index (χ0v) is 13.5. The minimum absolute atomic E-state index is 0.0822. The number of hydrogen-bond donors (Lipinski definition) is 1. The highest BCUT2D eigenvalue weighted by atomic mass is 19.1. The number of urea groups is 1. The van der Waals surface area contributed by atoms with Gasteiger partial charge in [-0.1, -0.05) is 12.1 Å². The first-order valence-electron chi connectivity index (χ1n) is 8.28. The van der Waals surface area contributed by atoms with Crippen molar-refractivity contribution in [2.75, 3.05) is 32.8 Å². The monoisotopic (exact) mass is 335 g/mol. The van der Waals surface area contributed by atoms with Crippen LogP contribution in [0.1, 0.15) is 18.4 Å². The predicted octanol–water partition coefficient (Wildman–Crippen LogP) is 1.36. The molecule has 7 heteroatoms. The minimum atomic E-state index is -0.345. The molecule has 0 unspecified atom stereocenters. The van der Waals surface area contributed by atoms with E-state index in [0.29, 0.717) is 26.2 Å². The number of nitrogens with one attached hydrogen (secondary N) is 1. The molecule has 2 aliphatic heterocycles. The predicted molar refractivity (Wildman–Crippen MR) is 85.8 cm³/mol. The highest BCUT2D eigenvalue weighted by Crippen LogP contribution is 2.16. The van der Waals surface area contributed by atoms with Crippen LogP contribution in [0.15, 0.2) is 24.3 Å². The molecular formula is C17H22FN3O3. The Labute approximate surface area is 140 Å². The zero-order valence-electron chi connectivity index (χ0n) is 13.5. The van der Waals surface area contributed by atoms with E-state index in [1.165, 1.54) is 17.0 Å². The molecule has 2 fully saturated rings. The van der Waals surface area contributed by atoms with E-state index < -0.39 is 0 Å². The van der Waals surface area contributed by atoms with Crippen LogP contribution < -0.4 is 5.32 Å². The Kier molecular flexibility index (Phi) is 5.42. The second kappa shape index (κ2) is 7.72. The van der Waals surface area contributed by atoms with Gasteiger partial charge >= 0.3 is 6.03 Å². The van der Waals surface area contributed by atoms with Gasteiger partial charge in [0.25, 0.3) is 0 Å². The van der Waals surface area contributed by atoms with Gasteiger partial charge in [0.05, 0.1) is 12.6 Å². The van der Waals surface area contributed by atoms with Gasteiger partial charge < -0.3 is 10.1 Å². The fraction of sp³-hybridized carbons (Fsp3) is 0.529. The first-order valence-corrected chi connectivity index (χ1v) is 8.28. The van der Waals surface area contributed by atoms with E-state index >= 15 is 0 Å². The largest absolute Gasteiger partial charge is 0.377 e. The molecule has 1 atom stereocenters. The third-order valence-electron chi connectivity index (χ3n) is 4.30. The summed E-state index contributed by atoms with van der Waals surface area (Å²) in [5.74, 6) is -0.533. The van der Waals surface area contributed by atoms with Gasteiger partial charge in [-0.3, -0.25) is 14.6 Å². The Morgan fingerprint density at radius 1 is 1.46 bits per heavy atom. The quantitative estimate of drug-likeness (QED) is 0.853. The highest BCUT2D eigenvalue weighted by molar-refractivity contribution is 5.96. The number of carbonyl (C=O) groups excluding carboxylic acids is 2. The molecule has 1 aromatic rings. The lowest BCUT2D eigenvalue weighted by Crippen LogP contribution is -2.43. The van der Waals surface area contributed by atoms with Crippen molar-refractivity contribution in [2.24, 2.45) is 0 Å². The van der Waals surface area contributed by atoms with Crippen molar-refractivity contribution in [3.8, 4) is 0 Å². The van der Waals surface area contributed by atoms with Crippen LogP contribution in [0.2, 0.25) is 0 Å². The van der Waals surface area contributed by atoms with E-state index in [2.05, 4.69) is 5.32 Å². The number of nitrogens with zero attached hydrogens (tertiary/aromatic N) is 2. The normalized spacial score (nSPS) is 20.7. The second-order valence-corrected chi connectivity index (χ2v) is 6.21. The van der Waals surface area contributed by atoms with E-state index in [4.69, 9.17) is 4.74 Å². The Morgan fingerprint density at radius 3 is 3.00 bits per heavy atom. The number of benzene rings is 1. The molecule has 3 amide bonds. The molecule has 0 aromatic heterocycles. The van der Waals surface area contributed by atoms with Crippen molar-refractivity contribution in [1.82, 2.24) is 15.1 Å². The van der Waals surface area contributed by atoms with E-state index in [9.17, 15) is 14.0 Å². The van der Waals surface area contributed by atoms with Crippen molar-refractivity contribution >= 4 is 11.9 Å². The summed E-state index contributed by atoms with van der Waals surface area (Å²) < 4.78 is 19.1. The number of carbonyl (C=O) groups is 2. The zero-order chi connectivity index (χ0) is 16.9. The molecule has 0 aliphatic carbocycles. The maximum atomic E-state index is 13.4. The standard InChI is InChI=1S/C17H22FN3O3/c18-14-4-1-3-13(9-14)10-20(11-15-5-2-8-24-15)12-16(22)21-7-6-19-17(21)23/h1,3-4,9,15H,2,5-8,10-12H2,(H,19,23)/t15-/m0/s1. The Balaban J connectivity index is 1.66. The molecule has 2 saturated heterocycles. The molecule has 6 nitrogen and oxygen atoms in total. The number of rotatable bonds is 6. The summed E-state index contributed by atoms with van der Waals surface area (Å²) in [4.78, 5) is 27.2. The summed E-state index contributed by atoms with van der Waals surface area (Å²) >= 11 is 0. The van der Waals surface area contributed by atoms with Crippen molar-refractivity contribution in [3.63, 3.8) is 0 Å². The van der Waals surface area contributed by atoms with Crippen molar-refractivity contribution < 1.29 is 18.7 Å². The van der Waals surface area contributed by atoms with Crippen LogP contribution >= 0.6 is 0 Å². The summed E-state index contributed by atoms with van der Waals surface area (Å²) in [5, 5.41) is 2.63. The Bertz CT molecular complexity index is 604. The van der Waals surface area contributed by atoms with Crippen LogP contribution in [0.3, 0.4) is 0 Å². The van der Waals surface area contributed by atoms with Crippen LogP contribution in [-0.4, -0.2) is 60.6 Å². The van der Waals surface area contributed by atoms with Gasteiger partial charge in [-0.15, -0.1) is 0 Å². The molecule has 2 aliphatic rings. The number of imide groups is 1. The van der Waals surface area contributed by atoms with Crippen LogP contribution in [0.25, 0.3) is 0 Å². The molecular weight excluding hydrogens is 313 g/mol. The van der Waals surface area contributed by atoms with Gasteiger partial charge in [0.15, 0.2) is 0 Å². The SMILES string of the molecule is O=C(CN(Cc1cccc(F)c1)C[C@@H]1CCCO1)N1CCNC1=O. The molecule has 130 valence electrons. The lowest BCUT2D eigenvalue weighted by Gasteiger charge is -2.26. The van der Waals surface area contributed by atoms with Crippen LogP contribution in [0.5, 0.6) is 0 Å². The number of halogens is 1. The molecule has 3 rings (SSSR count). The van der Waals surface area contributed by atoms with Gasteiger partial charge in [0, 0.05) is 32.8 Å². The minimum Gasteiger partial charge on any atom is -0.377 e. The van der Waals surface area contributed by atoms with Crippen molar-refractivity contribution in [2.45, 2.75) is 25.5 Å². The average Bonchev–Trinajstić information content (AvgIpc) is 3.18. The van der Waals surface area contributed by atoms with Gasteiger partial charge in [0.2, 0.25) is 5.91 Å². The van der Waals surface area contributed by atoms with Gasteiger partial charge in [-0.2, -0.15) is 0 Å². The lowest BCUT2D eigenvalue weighted by atomic mass is 10.1. The summed E-state index contributed by atoms with van der Waals surface area (Å²) in [6.45, 7) is 2.77. The van der Waals surface area contributed by atoms with Crippen LogP contribution in [-0.2, 0) is 16.1 Å². The van der Waals surface area contributed by atoms with Crippen LogP contribution in [0, 0.1) is 5.82 Å². The summed E-state index contributed by atoms with van der Waals surface area (Å²) in [6.07, 6.45) is 2.05. The second-order valence-electron chi connectivity index (χ2n) is 6.21. The molecule has 0 spiro atoms. The fourth-order valence-electron chi connectivity index (χ4n) is 3.14. The summed E-state index contributed by atoms with van der Waals surface area (Å²) in [6, 6.07) is 6.01. The van der Waals surface area contributed by atoms with Gasteiger partial charge in [-0.05, 0) is 30.5 Å². The first kappa shape index (κ1) is 16.9. The average molecular weight is 335 g/mol. The fourth-order valence-corrected chi connectivity index (χ4v) is 3.14. The number of amides is 3. The van der Waals surface area contributed by atoms with E-state index in [1.54, 1.807) is 6.07 Å². The van der Waals surface area contributed by atoms with Crippen molar-refractivity contribution in [1.29, 1.82) is 0 Å². The lowest BCUT2D eigenvalue weighted by molar-refractivity contribution is -0.129. The van der Waals surface area contributed by atoms with E-state index in [0.717, 1.165) is 25.0 Å². The topological polar surface area (TPSA) is 61.9 Å². The van der Waals surface area contributed by atoms with E-state index in [1.807, 2.05) is 11.0 Å². The maximum Gasteiger partial charge on any atom is 0.324 e. The molecule has 0 saturated carbocycles. The number of ether oxygens (including phenoxy) is 1. The molecule has 0 radical (unpaired) electrons. The van der Waals surface area contributed by atoms with Gasteiger partial charge in [-0.25, -0.2) is 9.18 Å². The van der Waals surface area contributed by atoms with E-state index in [-0.39, 0.29) is 30.4 Å². The molecule has 0 bridgehead atoms. The Hall–Kier alpha value is -1.99. The third kappa shape index (κ3) is 4.30. The molecule has 2 heterocycles. The highest BCUT2D eigenvalue weighted by Gasteiger charge is 2.28. The van der Waals surface area contributed by atoms with Gasteiger partial charge in [0.1, 0.15) is 5.82 Å². The summed E-state index contributed by atoms with van der Waals surface area (Å²) in [5.41, 5.74) is 0.798. The first-order chi connectivity index (χ1) is 11.6. The van der Waals surface area contributed by atoms with Crippen molar-refractivity contribution in [3.05, 3.63) is 35.6 Å². The molecule has 1 N–H and O–H groups in total.